The molecule has 0 aliphatic rings. The van der Waals surface area contributed by atoms with Crippen molar-refractivity contribution in [3.8, 4) is 11.3 Å². The summed E-state index contributed by atoms with van der Waals surface area (Å²) < 4.78 is 23.2. The van der Waals surface area contributed by atoms with Gasteiger partial charge in [-0.05, 0) is 66.1 Å². The molecule has 6 aromatic rings. The molecule has 0 radical (unpaired) electrons. The first-order chi connectivity index (χ1) is 24.6. The maximum absolute atomic E-state index is 6.12. The van der Waals surface area contributed by atoms with Crippen LogP contribution in [0.3, 0.4) is 0 Å². The van der Waals surface area contributed by atoms with E-state index in [-0.39, 0.29) is 0 Å². The van der Waals surface area contributed by atoms with Crippen molar-refractivity contribution in [2.45, 2.75) is 19.4 Å². The Morgan fingerprint density at radius 3 is 2.16 bits per heavy atom. The van der Waals surface area contributed by atoms with Gasteiger partial charge in [0.2, 0.25) is 0 Å². The number of pyridine rings is 1. The standard InChI is InChI=1S/C42H48N4O4/c1-46(2)38-15-11-34(12-16-38)40-18-13-35-29-37(14-19-41(35)45-40)44-21-23-48-25-27-49-26-24-47-22-20-43-31-33-8-10-36-30-39(50-42(36)28-33)17-9-32-6-4-3-5-7-32/h3-8,10-16,18-19,28-30,43-44H,9,17,20-27,31H2,1-2H3. The number of fused-ring (bicyclic) bond motifs is 2. The summed E-state index contributed by atoms with van der Waals surface area (Å²) in [6.07, 6.45) is 1.88. The molecule has 0 saturated carbocycles. The number of aromatic nitrogens is 1. The van der Waals surface area contributed by atoms with E-state index in [9.17, 15) is 0 Å². The molecule has 0 fully saturated rings. The van der Waals surface area contributed by atoms with Crippen molar-refractivity contribution >= 4 is 33.2 Å². The van der Waals surface area contributed by atoms with Crippen LogP contribution in [0.15, 0.2) is 114 Å². The fourth-order valence-corrected chi connectivity index (χ4v) is 5.79. The number of hydrogen-bond donors (Lipinski definition) is 2. The highest BCUT2D eigenvalue weighted by atomic mass is 16.5. The molecule has 2 N–H and O–H groups in total. The SMILES string of the molecule is CN(C)c1ccc(-c2ccc3cc(NCCOCCOCCOCCNCc4ccc5cc(CCc6ccccc6)oc5c4)ccc3n2)cc1. The second-order valence-electron chi connectivity index (χ2n) is 12.6. The number of hydrogen-bond acceptors (Lipinski definition) is 8. The third-order valence-corrected chi connectivity index (χ3v) is 8.58. The molecule has 8 heteroatoms. The summed E-state index contributed by atoms with van der Waals surface area (Å²) in [5.41, 5.74) is 8.76. The van der Waals surface area contributed by atoms with E-state index < -0.39 is 0 Å². The van der Waals surface area contributed by atoms with Crippen LogP contribution in [-0.2, 0) is 33.6 Å². The third kappa shape index (κ3) is 10.4. The van der Waals surface area contributed by atoms with Crippen LogP contribution in [0.1, 0.15) is 16.9 Å². The molecule has 0 aliphatic heterocycles. The lowest BCUT2D eigenvalue weighted by atomic mass is 10.1. The summed E-state index contributed by atoms with van der Waals surface area (Å²) in [4.78, 5) is 6.96. The van der Waals surface area contributed by atoms with Crippen molar-refractivity contribution in [3.05, 3.63) is 126 Å². The second-order valence-corrected chi connectivity index (χ2v) is 12.6. The zero-order valence-electron chi connectivity index (χ0n) is 29.2. The predicted molar refractivity (Wildman–Crippen MR) is 204 cm³/mol. The van der Waals surface area contributed by atoms with Crippen LogP contribution >= 0.6 is 0 Å². The zero-order chi connectivity index (χ0) is 34.4. The highest BCUT2D eigenvalue weighted by Crippen LogP contribution is 2.25. The molecule has 260 valence electrons. The fourth-order valence-electron chi connectivity index (χ4n) is 5.79. The Morgan fingerprint density at radius 2 is 1.38 bits per heavy atom. The van der Waals surface area contributed by atoms with E-state index in [2.05, 4.69) is 119 Å². The molecule has 0 atom stereocenters. The Kier molecular flexibility index (Phi) is 12.9. The number of anilines is 2. The summed E-state index contributed by atoms with van der Waals surface area (Å²) in [7, 11) is 4.09. The average Bonchev–Trinajstić information content (AvgIpc) is 3.56. The summed E-state index contributed by atoms with van der Waals surface area (Å²) in [6, 6.07) is 38.0. The lowest BCUT2D eigenvalue weighted by Gasteiger charge is -2.13. The van der Waals surface area contributed by atoms with Crippen LogP contribution in [-0.4, -0.2) is 71.8 Å². The van der Waals surface area contributed by atoms with Crippen LogP contribution in [0, 0.1) is 0 Å². The number of nitrogens with zero attached hydrogens (tertiary/aromatic N) is 2. The third-order valence-electron chi connectivity index (χ3n) is 8.58. The fraction of sp³-hybridized carbons (Fsp3) is 0.310. The van der Waals surface area contributed by atoms with Gasteiger partial charge in [-0.15, -0.1) is 0 Å². The maximum Gasteiger partial charge on any atom is 0.134 e. The summed E-state index contributed by atoms with van der Waals surface area (Å²) in [5, 5.41) is 9.14. The van der Waals surface area contributed by atoms with Gasteiger partial charge in [-0.25, -0.2) is 4.98 Å². The summed E-state index contributed by atoms with van der Waals surface area (Å²) >= 11 is 0. The quantitative estimate of drug-likeness (QED) is 0.0798. The number of nitrogens with one attached hydrogen (secondary N) is 2. The monoisotopic (exact) mass is 672 g/mol. The van der Waals surface area contributed by atoms with Gasteiger partial charge >= 0.3 is 0 Å². The van der Waals surface area contributed by atoms with Crippen molar-refractivity contribution in [1.29, 1.82) is 0 Å². The lowest BCUT2D eigenvalue weighted by Crippen LogP contribution is -2.20. The number of benzene rings is 4. The molecule has 2 heterocycles. The minimum absolute atomic E-state index is 0.548. The smallest absolute Gasteiger partial charge is 0.134 e. The number of aryl methyl sites for hydroxylation is 2. The first-order valence-corrected chi connectivity index (χ1v) is 17.5. The van der Waals surface area contributed by atoms with E-state index in [0.717, 1.165) is 77.1 Å². The Balaban J connectivity index is 0.774. The molecule has 8 nitrogen and oxygen atoms in total. The first-order valence-electron chi connectivity index (χ1n) is 17.5. The number of rotatable bonds is 20. The van der Waals surface area contributed by atoms with Gasteiger partial charge in [0.1, 0.15) is 11.3 Å². The summed E-state index contributed by atoms with van der Waals surface area (Å²) in [6.45, 7) is 5.72. The van der Waals surface area contributed by atoms with Crippen LogP contribution in [0.4, 0.5) is 11.4 Å². The molecule has 6 rings (SSSR count). The van der Waals surface area contributed by atoms with E-state index in [4.69, 9.17) is 23.6 Å². The highest BCUT2D eigenvalue weighted by Gasteiger charge is 2.07. The second kappa shape index (κ2) is 18.3. The Hall–Kier alpha value is -4.73. The van der Waals surface area contributed by atoms with E-state index in [0.29, 0.717) is 39.6 Å². The molecular weight excluding hydrogens is 624 g/mol. The van der Waals surface area contributed by atoms with E-state index in [1.165, 1.54) is 16.8 Å². The van der Waals surface area contributed by atoms with Crippen LogP contribution in [0.2, 0.25) is 0 Å². The van der Waals surface area contributed by atoms with Gasteiger partial charge in [0.15, 0.2) is 0 Å². The number of ether oxygens (including phenoxy) is 3. The Labute approximate surface area is 295 Å². The van der Waals surface area contributed by atoms with Gasteiger partial charge in [0.25, 0.3) is 0 Å². The normalized spacial score (nSPS) is 11.4. The van der Waals surface area contributed by atoms with Crippen molar-refractivity contribution in [2.75, 3.05) is 77.0 Å². The molecule has 2 aromatic heterocycles. The molecule has 0 bridgehead atoms. The maximum atomic E-state index is 6.12. The van der Waals surface area contributed by atoms with Crippen molar-refractivity contribution in [1.82, 2.24) is 10.3 Å². The minimum atomic E-state index is 0.548. The zero-order valence-corrected chi connectivity index (χ0v) is 29.2. The summed E-state index contributed by atoms with van der Waals surface area (Å²) in [5.74, 6) is 1.03. The van der Waals surface area contributed by atoms with Crippen molar-refractivity contribution < 1.29 is 18.6 Å². The largest absolute Gasteiger partial charge is 0.461 e. The molecule has 50 heavy (non-hydrogen) atoms. The van der Waals surface area contributed by atoms with Crippen LogP contribution in [0.5, 0.6) is 0 Å². The Morgan fingerprint density at radius 1 is 0.640 bits per heavy atom. The Bertz CT molecular complexity index is 1910. The first kappa shape index (κ1) is 35.1. The van der Waals surface area contributed by atoms with Crippen molar-refractivity contribution in [2.24, 2.45) is 0 Å². The van der Waals surface area contributed by atoms with E-state index in [1.807, 2.05) is 20.2 Å². The highest BCUT2D eigenvalue weighted by molar-refractivity contribution is 5.85. The van der Waals surface area contributed by atoms with Gasteiger partial charge in [-0.1, -0.05) is 60.7 Å². The molecule has 0 spiro atoms. The molecule has 0 saturated heterocycles. The van der Waals surface area contributed by atoms with Gasteiger partial charge in [0.05, 0.1) is 50.9 Å². The van der Waals surface area contributed by atoms with E-state index in [1.54, 1.807) is 0 Å². The molecule has 0 amide bonds. The average molecular weight is 673 g/mol. The molecular formula is C42H48N4O4. The predicted octanol–water partition coefficient (Wildman–Crippen LogP) is 7.75. The van der Waals surface area contributed by atoms with Gasteiger partial charge in [0, 0.05) is 67.9 Å². The van der Waals surface area contributed by atoms with Gasteiger partial charge in [-0.2, -0.15) is 0 Å². The van der Waals surface area contributed by atoms with Gasteiger partial charge < -0.3 is 34.2 Å². The van der Waals surface area contributed by atoms with Gasteiger partial charge in [-0.3, -0.25) is 0 Å². The van der Waals surface area contributed by atoms with E-state index >= 15 is 0 Å². The molecule has 4 aromatic carbocycles. The lowest BCUT2D eigenvalue weighted by molar-refractivity contribution is 0.0170. The van der Waals surface area contributed by atoms with Crippen LogP contribution < -0.4 is 15.5 Å². The van der Waals surface area contributed by atoms with Crippen LogP contribution in [0.25, 0.3) is 33.1 Å². The molecule has 0 unspecified atom stereocenters. The number of furan rings is 1. The van der Waals surface area contributed by atoms with Crippen molar-refractivity contribution in [3.63, 3.8) is 0 Å². The topological polar surface area (TPSA) is 81.0 Å². The minimum Gasteiger partial charge on any atom is -0.461 e. The molecule has 0 aliphatic carbocycles.